The number of benzene rings is 1. The van der Waals surface area contributed by atoms with Crippen molar-refractivity contribution in [2.24, 2.45) is 0 Å². The molecule has 2 atom stereocenters. The van der Waals surface area contributed by atoms with Crippen molar-refractivity contribution >= 4 is 23.4 Å². The zero-order chi connectivity index (χ0) is 13.8. The van der Waals surface area contributed by atoms with Crippen LogP contribution in [0.1, 0.15) is 25.5 Å². The minimum Gasteiger partial charge on any atom is -0.388 e. The van der Waals surface area contributed by atoms with Gasteiger partial charge in [0, 0.05) is 18.3 Å². The lowest BCUT2D eigenvalue weighted by molar-refractivity contribution is 0.0821. The SMILES string of the molecule is CSCC(C)(O)CNC(C)c1ccc(F)c(Cl)c1. The second-order valence-corrected chi connectivity index (χ2v) is 5.98. The second-order valence-electron chi connectivity index (χ2n) is 4.71. The number of rotatable bonds is 6. The summed E-state index contributed by atoms with van der Waals surface area (Å²) in [7, 11) is 0. The third-order valence-corrected chi connectivity index (χ3v) is 3.89. The Hall–Kier alpha value is -0.290. The third-order valence-electron chi connectivity index (χ3n) is 2.69. The highest BCUT2D eigenvalue weighted by molar-refractivity contribution is 7.98. The van der Waals surface area contributed by atoms with Gasteiger partial charge in [-0.15, -0.1) is 0 Å². The van der Waals surface area contributed by atoms with Crippen LogP contribution >= 0.6 is 23.4 Å². The predicted octanol–water partition coefficient (Wildman–Crippen LogP) is 3.24. The van der Waals surface area contributed by atoms with Crippen molar-refractivity contribution in [1.29, 1.82) is 0 Å². The molecule has 2 nitrogen and oxygen atoms in total. The van der Waals surface area contributed by atoms with E-state index in [9.17, 15) is 9.50 Å². The zero-order valence-electron chi connectivity index (χ0n) is 10.8. The fraction of sp³-hybridized carbons (Fsp3) is 0.538. The van der Waals surface area contributed by atoms with Crippen LogP contribution in [0, 0.1) is 5.82 Å². The zero-order valence-corrected chi connectivity index (χ0v) is 12.4. The maximum absolute atomic E-state index is 13.0. The number of hydrogen-bond acceptors (Lipinski definition) is 3. The lowest BCUT2D eigenvalue weighted by Gasteiger charge is -2.25. The van der Waals surface area contributed by atoms with Crippen molar-refractivity contribution in [1.82, 2.24) is 5.32 Å². The van der Waals surface area contributed by atoms with E-state index in [-0.39, 0.29) is 11.1 Å². The van der Waals surface area contributed by atoms with E-state index >= 15 is 0 Å². The van der Waals surface area contributed by atoms with Crippen molar-refractivity contribution in [2.75, 3.05) is 18.6 Å². The van der Waals surface area contributed by atoms with Gasteiger partial charge in [-0.1, -0.05) is 17.7 Å². The molecule has 102 valence electrons. The number of hydrogen-bond donors (Lipinski definition) is 2. The van der Waals surface area contributed by atoms with Crippen molar-refractivity contribution in [3.8, 4) is 0 Å². The van der Waals surface area contributed by atoms with Gasteiger partial charge in [0.2, 0.25) is 0 Å². The maximum atomic E-state index is 13.0. The number of halogens is 2. The first-order chi connectivity index (χ1) is 8.35. The molecule has 0 saturated heterocycles. The number of thioether (sulfide) groups is 1. The van der Waals surface area contributed by atoms with Crippen molar-refractivity contribution in [3.05, 3.63) is 34.6 Å². The summed E-state index contributed by atoms with van der Waals surface area (Å²) in [6, 6.07) is 4.67. The van der Waals surface area contributed by atoms with Gasteiger partial charge < -0.3 is 10.4 Å². The van der Waals surface area contributed by atoms with Gasteiger partial charge in [-0.25, -0.2) is 4.39 Å². The molecule has 0 heterocycles. The van der Waals surface area contributed by atoms with Gasteiger partial charge in [0.15, 0.2) is 0 Å². The molecule has 0 aromatic heterocycles. The van der Waals surface area contributed by atoms with E-state index < -0.39 is 11.4 Å². The number of aliphatic hydroxyl groups is 1. The second kappa shape index (κ2) is 6.75. The molecule has 0 amide bonds. The van der Waals surface area contributed by atoms with Crippen molar-refractivity contribution in [2.45, 2.75) is 25.5 Å². The quantitative estimate of drug-likeness (QED) is 0.844. The van der Waals surface area contributed by atoms with E-state index in [1.54, 1.807) is 30.8 Å². The van der Waals surface area contributed by atoms with E-state index in [2.05, 4.69) is 5.32 Å². The summed E-state index contributed by atoms with van der Waals surface area (Å²) in [5, 5.41) is 13.4. The summed E-state index contributed by atoms with van der Waals surface area (Å²) >= 11 is 7.34. The summed E-state index contributed by atoms with van der Waals surface area (Å²) in [6.45, 7) is 4.23. The van der Waals surface area contributed by atoms with Crippen LogP contribution in [-0.2, 0) is 0 Å². The highest BCUT2D eigenvalue weighted by Crippen LogP contribution is 2.21. The molecule has 0 aliphatic carbocycles. The molecule has 0 fully saturated rings. The van der Waals surface area contributed by atoms with Crippen LogP contribution in [0.25, 0.3) is 0 Å². The molecule has 0 radical (unpaired) electrons. The van der Waals surface area contributed by atoms with Gasteiger partial charge in [-0.2, -0.15) is 11.8 Å². The highest BCUT2D eigenvalue weighted by Gasteiger charge is 2.20. The Morgan fingerprint density at radius 2 is 2.22 bits per heavy atom. The molecule has 0 aliphatic rings. The normalized spacial score (nSPS) is 16.3. The van der Waals surface area contributed by atoms with Crippen LogP contribution in [0.5, 0.6) is 0 Å². The first-order valence-electron chi connectivity index (χ1n) is 5.75. The molecule has 0 aliphatic heterocycles. The summed E-state index contributed by atoms with van der Waals surface area (Å²) in [4.78, 5) is 0. The average molecular weight is 292 g/mol. The predicted molar refractivity (Wildman–Crippen MR) is 76.8 cm³/mol. The van der Waals surface area contributed by atoms with Crippen molar-refractivity contribution in [3.63, 3.8) is 0 Å². The van der Waals surface area contributed by atoms with Crippen LogP contribution in [0.4, 0.5) is 4.39 Å². The molecule has 18 heavy (non-hydrogen) atoms. The lowest BCUT2D eigenvalue weighted by atomic mass is 10.1. The van der Waals surface area contributed by atoms with Crippen LogP contribution in [0.2, 0.25) is 5.02 Å². The Morgan fingerprint density at radius 1 is 1.56 bits per heavy atom. The molecule has 0 saturated carbocycles. The van der Waals surface area contributed by atoms with Crippen LogP contribution < -0.4 is 5.32 Å². The fourth-order valence-electron chi connectivity index (χ4n) is 1.63. The minimum atomic E-state index is -0.752. The van der Waals surface area contributed by atoms with E-state index in [1.807, 2.05) is 13.2 Å². The van der Waals surface area contributed by atoms with Gasteiger partial charge in [0.05, 0.1) is 10.6 Å². The smallest absolute Gasteiger partial charge is 0.141 e. The van der Waals surface area contributed by atoms with Gasteiger partial charge in [0.25, 0.3) is 0 Å². The summed E-state index contributed by atoms with van der Waals surface area (Å²) in [6.07, 6.45) is 1.96. The van der Waals surface area contributed by atoms with Gasteiger partial charge in [-0.3, -0.25) is 0 Å². The monoisotopic (exact) mass is 291 g/mol. The molecule has 1 rings (SSSR count). The van der Waals surface area contributed by atoms with Gasteiger partial charge >= 0.3 is 0 Å². The largest absolute Gasteiger partial charge is 0.388 e. The summed E-state index contributed by atoms with van der Waals surface area (Å²) in [5.41, 5.74) is 0.152. The standard InChI is InChI=1S/C13H19ClFNOS/c1-9(16-7-13(2,17)8-18-3)10-4-5-12(15)11(14)6-10/h4-6,9,16-17H,7-8H2,1-3H3. The van der Waals surface area contributed by atoms with E-state index in [4.69, 9.17) is 11.6 Å². The third kappa shape index (κ3) is 4.76. The van der Waals surface area contributed by atoms with Crippen LogP contribution in [0.3, 0.4) is 0 Å². The van der Waals surface area contributed by atoms with Crippen molar-refractivity contribution < 1.29 is 9.50 Å². The minimum absolute atomic E-state index is 0.0106. The molecule has 0 bridgehead atoms. The Balaban J connectivity index is 2.60. The average Bonchev–Trinajstić information content (AvgIpc) is 2.30. The maximum Gasteiger partial charge on any atom is 0.141 e. The molecule has 2 N–H and O–H groups in total. The molecule has 2 unspecified atom stereocenters. The van der Waals surface area contributed by atoms with Gasteiger partial charge in [-0.05, 0) is 37.8 Å². The fourth-order valence-corrected chi connectivity index (χ4v) is 2.55. The first kappa shape index (κ1) is 15.8. The lowest BCUT2D eigenvalue weighted by Crippen LogP contribution is -2.40. The molecule has 0 spiro atoms. The van der Waals surface area contributed by atoms with Crippen LogP contribution in [-0.4, -0.2) is 29.3 Å². The molecule has 1 aromatic carbocycles. The summed E-state index contributed by atoms with van der Waals surface area (Å²) in [5.74, 6) is 0.249. The first-order valence-corrected chi connectivity index (χ1v) is 7.52. The summed E-state index contributed by atoms with van der Waals surface area (Å²) < 4.78 is 13.0. The van der Waals surface area contributed by atoms with E-state index in [0.717, 1.165) is 5.56 Å². The van der Waals surface area contributed by atoms with E-state index in [0.29, 0.717) is 12.3 Å². The van der Waals surface area contributed by atoms with Crippen LogP contribution in [0.15, 0.2) is 18.2 Å². The Kier molecular flexibility index (Phi) is 5.92. The molecule has 1 aromatic rings. The Labute approximate surface area is 117 Å². The Morgan fingerprint density at radius 3 is 2.78 bits per heavy atom. The Bertz CT molecular complexity index is 401. The number of nitrogens with one attached hydrogen (secondary N) is 1. The topological polar surface area (TPSA) is 32.3 Å². The van der Waals surface area contributed by atoms with E-state index in [1.165, 1.54) is 6.07 Å². The highest BCUT2D eigenvalue weighted by atomic mass is 35.5. The molecular weight excluding hydrogens is 273 g/mol. The molecular formula is C13H19ClFNOS. The van der Waals surface area contributed by atoms with Gasteiger partial charge in [0.1, 0.15) is 5.82 Å². The molecule has 5 heteroatoms.